The van der Waals surface area contributed by atoms with Gasteiger partial charge in [-0.1, -0.05) is 31.2 Å². The minimum atomic E-state index is -0.775. The van der Waals surface area contributed by atoms with Gasteiger partial charge in [-0.25, -0.2) is 18.3 Å². The van der Waals surface area contributed by atoms with Crippen LogP contribution in [0.3, 0.4) is 0 Å². The Labute approximate surface area is 223 Å². The number of nitrogens with zero attached hydrogens (tertiary/aromatic N) is 3. The van der Waals surface area contributed by atoms with Crippen molar-refractivity contribution in [1.82, 2.24) is 14.7 Å². The fourth-order valence-electron chi connectivity index (χ4n) is 3.95. The largest absolute Gasteiger partial charge is 0.476 e. The summed E-state index contributed by atoms with van der Waals surface area (Å²) in [4.78, 5) is 13.4. The van der Waals surface area contributed by atoms with Crippen molar-refractivity contribution < 1.29 is 23.0 Å². The lowest BCUT2D eigenvalue weighted by Gasteiger charge is -2.15. The first-order valence-corrected chi connectivity index (χ1v) is 12.8. The van der Waals surface area contributed by atoms with Gasteiger partial charge in [0.2, 0.25) is 5.88 Å². The summed E-state index contributed by atoms with van der Waals surface area (Å²) in [5, 5.41) is 6.90. The van der Waals surface area contributed by atoms with Gasteiger partial charge in [0.1, 0.15) is 4.47 Å². The van der Waals surface area contributed by atoms with Crippen molar-refractivity contribution in [2.24, 2.45) is 5.73 Å². The van der Waals surface area contributed by atoms with Gasteiger partial charge >= 0.3 is 6.03 Å². The van der Waals surface area contributed by atoms with E-state index in [9.17, 15) is 13.6 Å². The van der Waals surface area contributed by atoms with Crippen molar-refractivity contribution >= 4 is 27.8 Å². The van der Waals surface area contributed by atoms with E-state index in [0.717, 1.165) is 43.7 Å². The highest BCUT2D eigenvalue weighted by Gasteiger charge is 2.24. The maximum absolute atomic E-state index is 13.1. The van der Waals surface area contributed by atoms with Crippen LogP contribution in [-0.4, -0.2) is 60.7 Å². The van der Waals surface area contributed by atoms with E-state index in [1.807, 2.05) is 37.3 Å². The number of para-hydroxylation sites is 1. The Morgan fingerprint density at radius 3 is 2.59 bits per heavy atom. The highest BCUT2D eigenvalue weighted by Crippen LogP contribution is 2.34. The number of anilines is 1. The van der Waals surface area contributed by atoms with Crippen LogP contribution < -0.4 is 15.8 Å². The van der Waals surface area contributed by atoms with Gasteiger partial charge in [-0.2, -0.15) is 0 Å². The molecule has 3 N–H and O–H groups in total. The summed E-state index contributed by atoms with van der Waals surface area (Å²) in [7, 11) is 1.68. The zero-order chi connectivity index (χ0) is 26.8. The number of ether oxygens (including phenoxy) is 2. The zero-order valence-corrected chi connectivity index (χ0v) is 22.5. The van der Waals surface area contributed by atoms with Crippen molar-refractivity contribution in [3.05, 3.63) is 70.2 Å². The van der Waals surface area contributed by atoms with Crippen molar-refractivity contribution in [2.75, 3.05) is 45.3 Å². The number of methoxy groups -OCH3 is 1. The maximum Gasteiger partial charge on any atom is 0.317 e. The van der Waals surface area contributed by atoms with Crippen molar-refractivity contribution in [3.63, 3.8) is 0 Å². The monoisotopic (exact) mass is 579 g/mol. The van der Waals surface area contributed by atoms with E-state index in [4.69, 9.17) is 15.2 Å². The van der Waals surface area contributed by atoms with Gasteiger partial charge in [-0.3, -0.25) is 5.32 Å². The molecule has 4 rings (SSSR count). The molecule has 0 radical (unpaired) electrons. The third kappa shape index (κ3) is 7.98. The second-order valence-electron chi connectivity index (χ2n) is 8.51. The summed E-state index contributed by atoms with van der Waals surface area (Å²) >= 11 is 3.38. The fraction of sp³-hybridized carbons (Fsp3) is 0.385. The molecule has 0 bridgehead atoms. The molecule has 1 unspecified atom stereocenters. The van der Waals surface area contributed by atoms with Gasteiger partial charge in [0.05, 0.1) is 18.9 Å². The van der Waals surface area contributed by atoms with Crippen LogP contribution in [0.4, 0.5) is 19.4 Å². The van der Waals surface area contributed by atoms with Crippen LogP contribution in [-0.2, 0) is 4.74 Å². The topological polar surface area (TPSA) is 94.6 Å². The number of halogens is 3. The van der Waals surface area contributed by atoms with Crippen LogP contribution in [0.5, 0.6) is 5.88 Å². The number of aromatic nitrogens is 2. The number of rotatable bonds is 9. The third-order valence-electron chi connectivity index (χ3n) is 5.78. The van der Waals surface area contributed by atoms with E-state index in [-0.39, 0.29) is 0 Å². The van der Waals surface area contributed by atoms with E-state index in [1.54, 1.807) is 17.9 Å². The molecule has 1 atom stereocenters. The summed E-state index contributed by atoms with van der Waals surface area (Å²) in [6.07, 6.45) is 1.86. The summed E-state index contributed by atoms with van der Waals surface area (Å²) in [6.45, 7) is 6.05. The molecule has 2 amide bonds. The average molecular weight is 580 g/mol. The molecule has 3 aromatic rings. The second kappa shape index (κ2) is 14.1. The van der Waals surface area contributed by atoms with Crippen molar-refractivity contribution in [3.8, 4) is 11.6 Å². The molecule has 1 aromatic heterocycles. The van der Waals surface area contributed by atoms with Crippen molar-refractivity contribution in [2.45, 2.75) is 25.7 Å². The van der Waals surface area contributed by atoms with Crippen LogP contribution >= 0.6 is 15.9 Å². The summed E-state index contributed by atoms with van der Waals surface area (Å²) < 4.78 is 38.7. The number of likely N-dealkylation sites (tertiary alicyclic amines) is 1. The normalized spacial score (nSPS) is 15.2. The molecule has 1 aliphatic heterocycles. The van der Waals surface area contributed by atoms with Crippen LogP contribution in [0, 0.1) is 11.6 Å². The van der Waals surface area contributed by atoms with E-state index in [0.29, 0.717) is 35.3 Å². The number of nitrogens with two attached hydrogens (primary N) is 1. The molecule has 1 fully saturated rings. The van der Waals surface area contributed by atoms with Crippen LogP contribution in [0.1, 0.15) is 31.2 Å². The first kappa shape index (κ1) is 28.5. The minimum Gasteiger partial charge on any atom is -0.476 e. The molecule has 1 saturated heterocycles. The van der Waals surface area contributed by atoms with Gasteiger partial charge in [0.25, 0.3) is 0 Å². The molecule has 1 aliphatic rings. The number of primary amides is 1. The molecule has 2 heterocycles. The van der Waals surface area contributed by atoms with Gasteiger partial charge in [0.15, 0.2) is 17.5 Å². The average Bonchev–Trinajstić information content (AvgIpc) is 3.49. The number of carbonyl (C=O) groups excluding carboxylic acids is 1. The number of carbonyl (C=O) groups is 1. The van der Waals surface area contributed by atoms with Gasteiger partial charge in [0, 0.05) is 20.2 Å². The van der Waals surface area contributed by atoms with E-state index < -0.39 is 17.7 Å². The first-order chi connectivity index (χ1) is 17.8. The number of benzene rings is 2. The Bertz CT molecular complexity index is 1160. The highest BCUT2D eigenvalue weighted by molar-refractivity contribution is 9.10. The third-order valence-corrected chi connectivity index (χ3v) is 6.50. The van der Waals surface area contributed by atoms with Crippen LogP contribution in [0.15, 0.2) is 53.0 Å². The zero-order valence-electron chi connectivity index (χ0n) is 20.9. The SMILES string of the molecule is CCCOc1nn(-c2ccccc2)c(NC(N)=O)c1Br.COCCN1CCC(c2ccc(F)c(F)c2)C1. The Hall–Kier alpha value is -3.02. The smallest absolute Gasteiger partial charge is 0.317 e. The quantitative estimate of drug-likeness (QED) is 0.358. The molecular formula is C26H32BrF2N5O3. The van der Waals surface area contributed by atoms with E-state index >= 15 is 0 Å². The molecular weight excluding hydrogens is 548 g/mol. The lowest BCUT2D eigenvalue weighted by Crippen LogP contribution is -2.24. The summed E-state index contributed by atoms with van der Waals surface area (Å²) in [5.41, 5.74) is 6.88. The highest BCUT2D eigenvalue weighted by atomic mass is 79.9. The number of hydrogen-bond acceptors (Lipinski definition) is 5. The Morgan fingerprint density at radius 1 is 1.19 bits per heavy atom. The van der Waals surface area contributed by atoms with E-state index in [1.165, 1.54) is 12.1 Å². The molecule has 0 spiro atoms. The lowest BCUT2D eigenvalue weighted by atomic mass is 9.98. The van der Waals surface area contributed by atoms with E-state index in [2.05, 4.69) is 31.2 Å². The molecule has 8 nitrogen and oxygen atoms in total. The number of nitrogens with one attached hydrogen (secondary N) is 1. The maximum atomic E-state index is 13.1. The summed E-state index contributed by atoms with van der Waals surface area (Å²) in [6, 6.07) is 13.0. The molecule has 0 saturated carbocycles. The predicted molar refractivity (Wildman–Crippen MR) is 142 cm³/mol. The Balaban J connectivity index is 0.000000208. The Kier molecular flexibility index (Phi) is 10.8. The van der Waals surface area contributed by atoms with Gasteiger partial charge in [-0.05, 0) is 71.1 Å². The molecule has 11 heteroatoms. The molecule has 0 aliphatic carbocycles. The fourth-order valence-corrected chi connectivity index (χ4v) is 4.41. The number of amides is 2. The predicted octanol–water partition coefficient (Wildman–Crippen LogP) is 5.31. The second-order valence-corrected chi connectivity index (χ2v) is 9.30. The first-order valence-electron chi connectivity index (χ1n) is 12.0. The van der Waals surface area contributed by atoms with Crippen molar-refractivity contribution in [1.29, 1.82) is 0 Å². The standard InChI is InChI=1S/C13H15BrN4O2.C13H17F2NO/c1-2-8-20-12-10(14)11(16-13(15)19)18(17-12)9-6-4-3-5-7-9;1-17-7-6-16-5-4-11(9-16)10-2-3-12(14)13(15)8-10/h3-7H,2,8H2,1H3,(H3,15,16,19);2-3,8,11H,4-7,9H2,1H3. The van der Waals surface area contributed by atoms with Gasteiger partial charge in [-0.15, -0.1) is 5.10 Å². The van der Waals surface area contributed by atoms with Crippen LogP contribution in [0.25, 0.3) is 5.69 Å². The number of hydrogen-bond donors (Lipinski definition) is 2. The molecule has 200 valence electrons. The van der Waals surface area contributed by atoms with Crippen LogP contribution in [0.2, 0.25) is 0 Å². The lowest BCUT2D eigenvalue weighted by molar-refractivity contribution is 0.160. The van der Waals surface area contributed by atoms with Gasteiger partial charge < -0.3 is 20.1 Å². The molecule has 37 heavy (non-hydrogen) atoms. The Morgan fingerprint density at radius 2 is 1.95 bits per heavy atom. The summed E-state index contributed by atoms with van der Waals surface area (Å²) in [5.74, 6) is -0.364. The number of urea groups is 1. The molecule has 2 aromatic carbocycles. The minimum absolute atomic E-state index is 0.307.